The van der Waals surface area contributed by atoms with Crippen molar-refractivity contribution in [2.24, 2.45) is 5.92 Å². The first-order valence-electron chi connectivity index (χ1n) is 5.69. The van der Waals surface area contributed by atoms with Crippen LogP contribution in [0.15, 0.2) is 12.2 Å². The summed E-state index contributed by atoms with van der Waals surface area (Å²) in [6.45, 7) is 7.04. The van der Waals surface area contributed by atoms with Gasteiger partial charge >= 0.3 is 5.97 Å². The smallest absolute Gasteiger partial charge is 0.330 e. The molecule has 4 nitrogen and oxygen atoms in total. The Morgan fingerprint density at radius 3 is 2.56 bits per heavy atom. The second-order valence-corrected chi connectivity index (χ2v) is 3.99. The number of esters is 1. The van der Waals surface area contributed by atoms with Gasteiger partial charge in [-0.15, -0.1) is 0 Å². The molecule has 0 bridgehead atoms. The molecule has 0 unspecified atom stereocenters. The van der Waals surface area contributed by atoms with Crippen LogP contribution in [0.1, 0.15) is 33.6 Å². The summed E-state index contributed by atoms with van der Waals surface area (Å²) in [6.07, 6.45) is 4.19. The van der Waals surface area contributed by atoms with Crippen LogP contribution in [0.3, 0.4) is 0 Å². The zero-order valence-corrected chi connectivity index (χ0v) is 10.3. The standard InChI is InChI=1S/C12H21NO3/c1-4-5-8-16-12(15)7-6-11(14)13-9-10(2)3/h6-7,10H,4-5,8-9H2,1-3H3,(H,13,14). The lowest BCUT2D eigenvalue weighted by Crippen LogP contribution is -2.25. The first-order chi connectivity index (χ1) is 7.56. The van der Waals surface area contributed by atoms with E-state index in [1.165, 1.54) is 6.08 Å². The zero-order chi connectivity index (χ0) is 12.4. The highest BCUT2D eigenvalue weighted by atomic mass is 16.5. The van der Waals surface area contributed by atoms with Crippen molar-refractivity contribution in [2.45, 2.75) is 33.6 Å². The average molecular weight is 227 g/mol. The Bertz CT molecular complexity index is 247. The number of rotatable bonds is 7. The van der Waals surface area contributed by atoms with Gasteiger partial charge in [0.05, 0.1) is 6.61 Å². The van der Waals surface area contributed by atoms with E-state index >= 15 is 0 Å². The Hall–Kier alpha value is -1.32. The number of amides is 1. The molecule has 0 aromatic carbocycles. The van der Waals surface area contributed by atoms with E-state index in [-0.39, 0.29) is 5.91 Å². The Balaban J connectivity index is 3.71. The molecule has 0 aliphatic rings. The summed E-state index contributed by atoms with van der Waals surface area (Å²) in [5.74, 6) is -0.330. The molecule has 0 aliphatic heterocycles. The highest BCUT2D eigenvalue weighted by molar-refractivity contribution is 5.94. The van der Waals surface area contributed by atoms with Crippen LogP contribution in [0.2, 0.25) is 0 Å². The van der Waals surface area contributed by atoms with Gasteiger partial charge in [-0.25, -0.2) is 4.79 Å². The summed E-state index contributed by atoms with van der Waals surface area (Å²) in [7, 11) is 0. The number of ether oxygens (including phenoxy) is 1. The third-order valence-electron chi connectivity index (χ3n) is 1.80. The number of carbonyl (C=O) groups excluding carboxylic acids is 2. The Labute approximate surface area is 97.1 Å². The van der Waals surface area contributed by atoms with Gasteiger partial charge in [0, 0.05) is 18.7 Å². The molecule has 1 amide bonds. The maximum absolute atomic E-state index is 11.2. The van der Waals surface area contributed by atoms with Gasteiger partial charge in [-0.3, -0.25) is 4.79 Å². The summed E-state index contributed by atoms with van der Waals surface area (Å²) in [5, 5.41) is 2.67. The van der Waals surface area contributed by atoms with E-state index in [0.717, 1.165) is 18.9 Å². The molecule has 0 rings (SSSR count). The van der Waals surface area contributed by atoms with Crippen molar-refractivity contribution in [3.8, 4) is 0 Å². The van der Waals surface area contributed by atoms with Crippen LogP contribution in [0.25, 0.3) is 0 Å². The van der Waals surface area contributed by atoms with Crippen LogP contribution in [-0.4, -0.2) is 25.0 Å². The van der Waals surface area contributed by atoms with Gasteiger partial charge in [-0.1, -0.05) is 27.2 Å². The Kier molecular flexibility index (Phi) is 8.21. The lowest BCUT2D eigenvalue weighted by molar-refractivity contribution is -0.138. The Morgan fingerprint density at radius 1 is 1.31 bits per heavy atom. The number of nitrogens with one attached hydrogen (secondary N) is 1. The SMILES string of the molecule is CCCCOC(=O)C=CC(=O)NCC(C)C. The summed E-state index contributed by atoms with van der Waals surface area (Å²) in [6, 6.07) is 0. The topological polar surface area (TPSA) is 55.4 Å². The van der Waals surface area contributed by atoms with Gasteiger partial charge in [-0.05, 0) is 12.3 Å². The molecule has 0 saturated carbocycles. The van der Waals surface area contributed by atoms with Gasteiger partial charge < -0.3 is 10.1 Å². The normalized spacial score (nSPS) is 10.8. The fourth-order valence-corrected chi connectivity index (χ4v) is 0.873. The van der Waals surface area contributed by atoms with Gasteiger partial charge in [-0.2, -0.15) is 0 Å². The van der Waals surface area contributed by atoms with Crippen molar-refractivity contribution in [3.05, 3.63) is 12.2 Å². The summed E-state index contributed by atoms with van der Waals surface area (Å²) >= 11 is 0. The van der Waals surface area contributed by atoms with Crippen LogP contribution in [0.4, 0.5) is 0 Å². The quantitative estimate of drug-likeness (QED) is 0.409. The summed E-state index contributed by atoms with van der Waals surface area (Å²) in [5.41, 5.74) is 0. The van der Waals surface area contributed by atoms with Crippen molar-refractivity contribution in [2.75, 3.05) is 13.2 Å². The van der Waals surface area contributed by atoms with Crippen LogP contribution in [0.5, 0.6) is 0 Å². The molecule has 0 aromatic heterocycles. The predicted molar refractivity (Wildman–Crippen MR) is 62.9 cm³/mol. The van der Waals surface area contributed by atoms with E-state index in [1.807, 2.05) is 20.8 Å². The fourth-order valence-electron chi connectivity index (χ4n) is 0.873. The molecule has 0 aromatic rings. The second-order valence-electron chi connectivity index (χ2n) is 3.99. The summed E-state index contributed by atoms with van der Waals surface area (Å²) in [4.78, 5) is 22.2. The molecule has 92 valence electrons. The molecule has 0 spiro atoms. The van der Waals surface area contributed by atoms with Crippen LogP contribution >= 0.6 is 0 Å². The second kappa shape index (κ2) is 8.95. The third-order valence-corrected chi connectivity index (χ3v) is 1.80. The molecule has 0 heterocycles. The lowest BCUT2D eigenvalue weighted by Gasteiger charge is -2.04. The van der Waals surface area contributed by atoms with E-state index in [2.05, 4.69) is 5.32 Å². The number of hydrogen-bond donors (Lipinski definition) is 1. The molecule has 4 heteroatoms. The minimum atomic E-state index is -0.465. The maximum Gasteiger partial charge on any atom is 0.330 e. The molecule has 16 heavy (non-hydrogen) atoms. The lowest BCUT2D eigenvalue weighted by atomic mass is 10.2. The molecular weight excluding hydrogens is 206 g/mol. The highest BCUT2D eigenvalue weighted by Crippen LogP contribution is 1.90. The molecule has 1 N–H and O–H groups in total. The van der Waals surface area contributed by atoms with Crippen molar-refractivity contribution >= 4 is 11.9 Å². The number of hydrogen-bond acceptors (Lipinski definition) is 3. The van der Waals surface area contributed by atoms with Gasteiger partial charge in [0.2, 0.25) is 5.91 Å². The van der Waals surface area contributed by atoms with E-state index < -0.39 is 5.97 Å². The first-order valence-corrected chi connectivity index (χ1v) is 5.69. The van der Waals surface area contributed by atoms with E-state index in [4.69, 9.17) is 4.74 Å². The van der Waals surface area contributed by atoms with Crippen LogP contribution < -0.4 is 5.32 Å². The van der Waals surface area contributed by atoms with E-state index in [9.17, 15) is 9.59 Å². The highest BCUT2D eigenvalue weighted by Gasteiger charge is 2.00. The molecule has 0 aliphatic carbocycles. The molecule has 0 saturated heterocycles. The minimum absolute atomic E-state index is 0.263. The van der Waals surface area contributed by atoms with Crippen LogP contribution in [0, 0.1) is 5.92 Å². The molecule has 0 atom stereocenters. The van der Waals surface area contributed by atoms with Crippen molar-refractivity contribution in [3.63, 3.8) is 0 Å². The van der Waals surface area contributed by atoms with Gasteiger partial charge in [0.25, 0.3) is 0 Å². The predicted octanol–water partition coefficient (Wildman–Crippen LogP) is 1.66. The van der Waals surface area contributed by atoms with Crippen molar-refractivity contribution < 1.29 is 14.3 Å². The zero-order valence-electron chi connectivity index (χ0n) is 10.3. The van der Waals surface area contributed by atoms with E-state index in [1.54, 1.807) is 0 Å². The number of carbonyl (C=O) groups is 2. The maximum atomic E-state index is 11.2. The molecule has 0 fully saturated rings. The summed E-state index contributed by atoms with van der Waals surface area (Å²) < 4.78 is 4.85. The average Bonchev–Trinajstić information content (AvgIpc) is 2.24. The first kappa shape index (κ1) is 14.7. The van der Waals surface area contributed by atoms with Gasteiger partial charge in [0.1, 0.15) is 0 Å². The fraction of sp³-hybridized carbons (Fsp3) is 0.667. The van der Waals surface area contributed by atoms with Crippen molar-refractivity contribution in [1.29, 1.82) is 0 Å². The monoisotopic (exact) mass is 227 g/mol. The largest absolute Gasteiger partial charge is 0.463 e. The van der Waals surface area contributed by atoms with Crippen LogP contribution in [-0.2, 0) is 14.3 Å². The van der Waals surface area contributed by atoms with Gasteiger partial charge in [0.15, 0.2) is 0 Å². The van der Waals surface area contributed by atoms with Crippen molar-refractivity contribution in [1.82, 2.24) is 5.32 Å². The molecular formula is C12H21NO3. The Morgan fingerprint density at radius 2 is 2.00 bits per heavy atom. The number of unbranched alkanes of at least 4 members (excludes halogenated alkanes) is 1. The minimum Gasteiger partial charge on any atom is -0.463 e. The molecule has 0 radical (unpaired) electrons. The third kappa shape index (κ3) is 9.24. The van der Waals surface area contributed by atoms with E-state index in [0.29, 0.717) is 19.1 Å².